The van der Waals surface area contributed by atoms with Gasteiger partial charge in [0, 0.05) is 29.6 Å². The van der Waals surface area contributed by atoms with E-state index in [9.17, 15) is 4.79 Å². The molecule has 1 amide bonds. The maximum absolute atomic E-state index is 12.3. The highest BCUT2D eigenvalue weighted by Gasteiger charge is 2.10. The Morgan fingerprint density at radius 1 is 1.25 bits per heavy atom. The highest BCUT2D eigenvalue weighted by atomic mass is 32.1. The Morgan fingerprint density at radius 3 is 2.71 bits per heavy atom. The van der Waals surface area contributed by atoms with Gasteiger partial charge in [0.1, 0.15) is 5.75 Å². The predicted molar refractivity (Wildman–Crippen MR) is 112 cm³/mol. The minimum Gasteiger partial charge on any atom is -0.494 e. The monoisotopic (exact) mass is 398 g/mol. The topological polar surface area (TPSA) is 69.0 Å². The van der Waals surface area contributed by atoms with Crippen LogP contribution in [0, 0.1) is 13.8 Å². The van der Waals surface area contributed by atoms with E-state index in [0.717, 1.165) is 40.8 Å². The molecule has 1 aromatic carbocycles. The number of ether oxygens (including phenoxy) is 1. The molecule has 148 valence electrons. The summed E-state index contributed by atoms with van der Waals surface area (Å²) in [5.74, 6) is 0.707. The number of aryl methyl sites for hydroxylation is 2. The van der Waals surface area contributed by atoms with Crippen molar-refractivity contribution in [1.29, 1.82) is 0 Å². The van der Waals surface area contributed by atoms with Crippen LogP contribution in [0.1, 0.15) is 47.2 Å². The first-order chi connectivity index (χ1) is 13.6. The molecule has 6 nitrogen and oxygen atoms in total. The molecule has 0 aliphatic carbocycles. The van der Waals surface area contributed by atoms with Crippen molar-refractivity contribution in [3.05, 3.63) is 58.4 Å². The summed E-state index contributed by atoms with van der Waals surface area (Å²) in [4.78, 5) is 16.9. The first-order valence-electron chi connectivity index (χ1n) is 9.56. The van der Waals surface area contributed by atoms with Crippen LogP contribution in [-0.4, -0.2) is 33.8 Å². The number of rotatable bonds is 9. The second kappa shape index (κ2) is 9.50. The molecule has 0 radical (unpaired) electrons. The number of nitrogens with one attached hydrogen (secondary N) is 1. The van der Waals surface area contributed by atoms with Crippen LogP contribution in [-0.2, 0) is 6.42 Å². The number of hydrogen-bond donors (Lipinski definition) is 1. The smallest absolute Gasteiger partial charge is 0.251 e. The average molecular weight is 399 g/mol. The van der Waals surface area contributed by atoms with Gasteiger partial charge in [-0.25, -0.2) is 9.67 Å². The molecule has 3 aromatic rings. The summed E-state index contributed by atoms with van der Waals surface area (Å²) in [5.41, 5.74) is 3.62. The van der Waals surface area contributed by atoms with E-state index in [1.54, 1.807) is 23.5 Å². The number of carbonyl (C=O) groups excluding carboxylic acids is 1. The van der Waals surface area contributed by atoms with Crippen molar-refractivity contribution in [2.45, 2.75) is 40.0 Å². The molecular weight excluding hydrogens is 372 g/mol. The van der Waals surface area contributed by atoms with Crippen LogP contribution in [0.5, 0.6) is 5.75 Å². The molecule has 0 unspecified atom stereocenters. The Labute approximate surface area is 169 Å². The number of aromatic nitrogens is 3. The molecule has 0 saturated carbocycles. The van der Waals surface area contributed by atoms with Gasteiger partial charge in [0.15, 0.2) is 0 Å². The average Bonchev–Trinajstić information content (AvgIpc) is 3.28. The normalized spacial score (nSPS) is 10.8. The lowest BCUT2D eigenvalue weighted by molar-refractivity contribution is 0.0954. The summed E-state index contributed by atoms with van der Waals surface area (Å²) < 4.78 is 7.48. The first-order valence-corrected chi connectivity index (χ1v) is 10.4. The third kappa shape index (κ3) is 5.19. The Hall–Kier alpha value is -2.67. The third-order valence-electron chi connectivity index (χ3n) is 4.28. The van der Waals surface area contributed by atoms with Crippen molar-refractivity contribution in [3.8, 4) is 10.9 Å². The Morgan fingerprint density at radius 2 is 2.04 bits per heavy atom. The van der Waals surface area contributed by atoms with Crippen LogP contribution in [0.3, 0.4) is 0 Å². The minimum absolute atomic E-state index is 0.0888. The van der Waals surface area contributed by atoms with Crippen LogP contribution < -0.4 is 10.1 Å². The SMILES string of the molecule is CCCCOc1ccc(C(=O)NCCc2csc(-n3nc(C)cc3C)n2)cc1. The molecule has 7 heteroatoms. The maximum atomic E-state index is 12.3. The molecule has 0 saturated heterocycles. The van der Waals surface area contributed by atoms with Crippen LogP contribution in [0.4, 0.5) is 0 Å². The summed E-state index contributed by atoms with van der Waals surface area (Å²) in [5, 5.41) is 10.3. The fourth-order valence-corrected chi connectivity index (χ4v) is 3.64. The van der Waals surface area contributed by atoms with Gasteiger partial charge >= 0.3 is 0 Å². The van der Waals surface area contributed by atoms with Gasteiger partial charge in [-0.1, -0.05) is 13.3 Å². The van der Waals surface area contributed by atoms with Gasteiger partial charge in [0.2, 0.25) is 5.13 Å². The van der Waals surface area contributed by atoms with Crippen LogP contribution >= 0.6 is 11.3 Å². The zero-order chi connectivity index (χ0) is 19.9. The summed E-state index contributed by atoms with van der Waals surface area (Å²) in [7, 11) is 0. The van der Waals surface area contributed by atoms with Gasteiger partial charge in [0.25, 0.3) is 5.91 Å². The fraction of sp³-hybridized carbons (Fsp3) is 0.381. The quantitative estimate of drug-likeness (QED) is 0.551. The lowest BCUT2D eigenvalue weighted by Gasteiger charge is -2.07. The molecule has 0 fully saturated rings. The molecule has 2 heterocycles. The van der Waals surface area contributed by atoms with E-state index in [-0.39, 0.29) is 5.91 Å². The molecule has 0 aliphatic heterocycles. The van der Waals surface area contributed by atoms with Gasteiger partial charge in [0.05, 0.1) is 18.0 Å². The Balaban J connectivity index is 1.48. The zero-order valence-corrected chi connectivity index (χ0v) is 17.4. The largest absolute Gasteiger partial charge is 0.494 e. The van der Waals surface area contributed by atoms with Crippen molar-refractivity contribution < 1.29 is 9.53 Å². The van der Waals surface area contributed by atoms with Crippen molar-refractivity contribution in [2.24, 2.45) is 0 Å². The van der Waals surface area contributed by atoms with E-state index in [1.165, 1.54) is 0 Å². The van der Waals surface area contributed by atoms with E-state index in [1.807, 2.05) is 42.1 Å². The van der Waals surface area contributed by atoms with Crippen LogP contribution in [0.25, 0.3) is 5.13 Å². The van der Waals surface area contributed by atoms with Gasteiger partial charge in [-0.2, -0.15) is 5.10 Å². The van der Waals surface area contributed by atoms with Gasteiger partial charge < -0.3 is 10.1 Å². The summed E-state index contributed by atoms with van der Waals surface area (Å²) in [6.45, 7) is 7.35. The second-order valence-electron chi connectivity index (χ2n) is 6.69. The predicted octanol–water partition coefficient (Wildman–Crippen LogP) is 4.10. The number of amides is 1. The van der Waals surface area contributed by atoms with E-state index in [2.05, 4.69) is 22.3 Å². The highest BCUT2D eigenvalue weighted by Crippen LogP contribution is 2.17. The molecular formula is C21H26N4O2S. The van der Waals surface area contributed by atoms with Crippen molar-refractivity contribution >= 4 is 17.2 Å². The molecule has 0 bridgehead atoms. The molecule has 0 spiro atoms. The van der Waals surface area contributed by atoms with Crippen molar-refractivity contribution in [2.75, 3.05) is 13.2 Å². The van der Waals surface area contributed by atoms with Crippen molar-refractivity contribution in [1.82, 2.24) is 20.1 Å². The lowest BCUT2D eigenvalue weighted by atomic mass is 10.2. The molecule has 2 aromatic heterocycles. The van der Waals surface area contributed by atoms with Gasteiger partial charge in [-0.05, 0) is 50.6 Å². The number of unbranched alkanes of at least 4 members (excludes halogenated alkanes) is 1. The second-order valence-corrected chi connectivity index (χ2v) is 7.53. The molecule has 0 atom stereocenters. The van der Waals surface area contributed by atoms with E-state index < -0.39 is 0 Å². The molecule has 3 rings (SSSR count). The fourth-order valence-electron chi connectivity index (χ4n) is 2.77. The minimum atomic E-state index is -0.0888. The summed E-state index contributed by atoms with van der Waals surface area (Å²) >= 11 is 1.56. The summed E-state index contributed by atoms with van der Waals surface area (Å²) in [6.07, 6.45) is 2.81. The highest BCUT2D eigenvalue weighted by molar-refractivity contribution is 7.12. The summed E-state index contributed by atoms with van der Waals surface area (Å²) in [6, 6.07) is 9.29. The lowest BCUT2D eigenvalue weighted by Crippen LogP contribution is -2.25. The van der Waals surface area contributed by atoms with E-state index >= 15 is 0 Å². The number of benzene rings is 1. The number of carbonyl (C=O) groups is 1. The van der Waals surface area contributed by atoms with Crippen molar-refractivity contribution in [3.63, 3.8) is 0 Å². The van der Waals surface area contributed by atoms with Gasteiger partial charge in [-0.15, -0.1) is 11.3 Å². The van der Waals surface area contributed by atoms with Crippen LogP contribution in [0.15, 0.2) is 35.7 Å². The Bertz CT molecular complexity index is 915. The number of nitrogens with zero attached hydrogens (tertiary/aromatic N) is 3. The number of hydrogen-bond acceptors (Lipinski definition) is 5. The zero-order valence-electron chi connectivity index (χ0n) is 16.6. The number of thiazole rings is 1. The standard InChI is InChI=1S/C21H26N4O2S/c1-4-5-12-27-19-8-6-17(7-9-19)20(26)22-11-10-18-14-28-21(23-18)25-16(3)13-15(2)24-25/h6-9,13-14H,4-5,10-12H2,1-3H3,(H,22,26). The Kier molecular flexibility index (Phi) is 6.81. The van der Waals surface area contributed by atoms with Gasteiger partial charge in [-0.3, -0.25) is 4.79 Å². The molecule has 28 heavy (non-hydrogen) atoms. The van der Waals surface area contributed by atoms with E-state index in [4.69, 9.17) is 4.74 Å². The van der Waals surface area contributed by atoms with E-state index in [0.29, 0.717) is 25.1 Å². The molecule has 0 aliphatic rings. The molecule has 1 N–H and O–H groups in total. The van der Waals surface area contributed by atoms with Crippen LogP contribution in [0.2, 0.25) is 0 Å². The third-order valence-corrected chi connectivity index (χ3v) is 5.15. The first kappa shape index (κ1) is 20.1. The maximum Gasteiger partial charge on any atom is 0.251 e.